The molecule has 0 bridgehead atoms. The number of hydroxylamine groups is 1. The molecule has 0 aliphatic rings. The number of aromatic nitrogens is 1. The van der Waals surface area contributed by atoms with Crippen LogP contribution in [0.5, 0.6) is 0 Å². The van der Waals surface area contributed by atoms with Gasteiger partial charge in [0.1, 0.15) is 0 Å². The molecule has 1 aromatic heterocycles. The minimum absolute atomic E-state index is 0.171. The van der Waals surface area contributed by atoms with Crippen molar-refractivity contribution in [2.75, 3.05) is 0 Å². The standard InChI is InChI=1S/C23H19N3O3/c27-22(24-15-16-4-3-5-21(12-16)26-10-1-2-11-26)19-8-6-18-14-20(23(28)25-29)9-7-17(18)13-19/h1-14,29H,15H2,(H,24,27)(H,25,28). The maximum absolute atomic E-state index is 12.6. The predicted octanol–water partition coefficient (Wildman–Crippen LogP) is 3.68. The van der Waals surface area contributed by atoms with Crippen molar-refractivity contribution >= 4 is 22.6 Å². The van der Waals surface area contributed by atoms with Gasteiger partial charge < -0.3 is 9.88 Å². The Kier molecular flexibility index (Phi) is 5.09. The number of benzene rings is 3. The van der Waals surface area contributed by atoms with Gasteiger partial charge in [0, 0.05) is 35.8 Å². The topological polar surface area (TPSA) is 83.4 Å². The number of amides is 2. The van der Waals surface area contributed by atoms with Crippen LogP contribution >= 0.6 is 0 Å². The Morgan fingerprint density at radius 3 is 2.10 bits per heavy atom. The molecule has 2 amide bonds. The van der Waals surface area contributed by atoms with Crippen molar-refractivity contribution in [3.63, 3.8) is 0 Å². The van der Waals surface area contributed by atoms with Gasteiger partial charge in [-0.3, -0.25) is 14.8 Å². The largest absolute Gasteiger partial charge is 0.348 e. The molecule has 0 saturated heterocycles. The van der Waals surface area contributed by atoms with E-state index in [1.54, 1.807) is 41.9 Å². The molecule has 4 rings (SSSR count). The molecule has 6 nitrogen and oxygen atoms in total. The Hall–Kier alpha value is -3.90. The summed E-state index contributed by atoms with van der Waals surface area (Å²) in [5.74, 6) is -0.744. The monoisotopic (exact) mass is 385 g/mol. The quantitative estimate of drug-likeness (QED) is 0.362. The van der Waals surface area contributed by atoms with Gasteiger partial charge in [0.05, 0.1) is 0 Å². The molecule has 6 heteroatoms. The van der Waals surface area contributed by atoms with Gasteiger partial charge in [-0.15, -0.1) is 0 Å². The van der Waals surface area contributed by atoms with Crippen LogP contribution in [-0.2, 0) is 6.54 Å². The molecule has 0 saturated carbocycles. The molecule has 3 N–H and O–H groups in total. The Balaban J connectivity index is 1.48. The van der Waals surface area contributed by atoms with E-state index in [-0.39, 0.29) is 5.91 Å². The average Bonchev–Trinajstić information content (AvgIpc) is 3.31. The minimum atomic E-state index is -0.573. The van der Waals surface area contributed by atoms with Gasteiger partial charge in [-0.25, -0.2) is 5.48 Å². The molecule has 0 spiro atoms. The van der Waals surface area contributed by atoms with Crippen LogP contribution in [0, 0.1) is 0 Å². The van der Waals surface area contributed by atoms with E-state index in [9.17, 15) is 9.59 Å². The molecule has 0 aliphatic heterocycles. The van der Waals surface area contributed by atoms with Gasteiger partial charge in [-0.05, 0) is 64.9 Å². The Morgan fingerprint density at radius 1 is 0.793 bits per heavy atom. The predicted molar refractivity (Wildman–Crippen MR) is 110 cm³/mol. The van der Waals surface area contributed by atoms with E-state index >= 15 is 0 Å². The highest BCUT2D eigenvalue weighted by atomic mass is 16.5. The summed E-state index contributed by atoms with van der Waals surface area (Å²) in [5, 5.41) is 13.3. The number of carbonyl (C=O) groups is 2. The molecule has 0 radical (unpaired) electrons. The number of nitrogens with zero attached hydrogens (tertiary/aromatic N) is 1. The third-order valence-electron chi connectivity index (χ3n) is 4.73. The number of nitrogens with one attached hydrogen (secondary N) is 2. The maximum Gasteiger partial charge on any atom is 0.274 e. The van der Waals surface area contributed by atoms with Crippen LogP contribution in [0.1, 0.15) is 26.3 Å². The lowest BCUT2D eigenvalue weighted by atomic mass is 10.0. The van der Waals surface area contributed by atoms with E-state index in [0.717, 1.165) is 22.0 Å². The molecular weight excluding hydrogens is 366 g/mol. The average molecular weight is 385 g/mol. The molecule has 29 heavy (non-hydrogen) atoms. The summed E-state index contributed by atoms with van der Waals surface area (Å²) < 4.78 is 2.01. The highest BCUT2D eigenvalue weighted by Crippen LogP contribution is 2.18. The van der Waals surface area contributed by atoms with Crippen LogP contribution in [-0.4, -0.2) is 21.6 Å². The third kappa shape index (κ3) is 4.02. The zero-order valence-electron chi connectivity index (χ0n) is 15.5. The molecule has 0 fully saturated rings. The molecule has 4 aromatic rings. The van der Waals surface area contributed by atoms with Crippen LogP contribution in [0.3, 0.4) is 0 Å². The van der Waals surface area contributed by atoms with Gasteiger partial charge in [0.25, 0.3) is 11.8 Å². The Morgan fingerprint density at radius 2 is 1.45 bits per heavy atom. The molecular formula is C23H19N3O3. The highest BCUT2D eigenvalue weighted by molar-refractivity contribution is 6.01. The number of fused-ring (bicyclic) bond motifs is 1. The number of rotatable bonds is 5. The number of hydrogen-bond acceptors (Lipinski definition) is 3. The molecule has 3 aromatic carbocycles. The van der Waals surface area contributed by atoms with Gasteiger partial charge in [-0.1, -0.05) is 24.3 Å². The van der Waals surface area contributed by atoms with Crippen LogP contribution < -0.4 is 10.8 Å². The minimum Gasteiger partial charge on any atom is -0.348 e. The van der Waals surface area contributed by atoms with Crippen molar-refractivity contribution in [2.24, 2.45) is 0 Å². The zero-order valence-corrected chi connectivity index (χ0v) is 15.5. The smallest absolute Gasteiger partial charge is 0.274 e. The molecule has 0 atom stereocenters. The van der Waals surface area contributed by atoms with Crippen LogP contribution in [0.4, 0.5) is 0 Å². The second-order valence-electron chi connectivity index (χ2n) is 6.66. The summed E-state index contributed by atoms with van der Waals surface area (Å²) >= 11 is 0. The van der Waals surface area contributed by atoms with Gasteiger partial charge in [0.15, 0.2) is 0 Å². The lowest BCUT2D eigenvalue weighted by Gasteiger charge is -2.09. The first-order chi connectivity index (χ1) is 14.1. The van der Waals surface area contributed by atoms with Gasteiger partial charge >= 0.3 is 0 Å². The summed E-state index contributed by atoms with van der Waals surface area (Å²) in [4.78, 5) is 24.1. The fraction of sp³-hybridized carbons (Fsp3) is 0.0435. The van der Waals surface area contributed by atoms with E-state index in [0.29, 0.717) is 17.7 Å². The highest BCUT2D eigenvalue weighted by Gasteiger charge is 2.09. The molecule has 144 valence electrons. The van der Waals surface area contributed by atoms with Crippen LogP contribution in [0.2, 0.25) is 0 Å². The van der Waals surface area contributed by atoms with Crippen molar-refractivity contribution in [2.45, 2.75) is 6.54 Å². The Bertz CT molecular complexity index is 1180. The number of hydrogen-bond donors (Lipinski definition) is 3. The summed E-state index contributed by atoms with van der Waals surface area (Å²) in [7, 11) is 0. The summed E-state index contributed by atoms with van der Waals surface area (Å²) in [6.45, 7) is 0.418. The van der Waals surface area contributed by atoms with E-state index in [1.165, 1.54) is 0 Å². The van der Waals surface area contributed by atoms with Crippen LogP contribution in [0.25, 0.3) is 16.5 Å². The SMILES string of the molecule is O=C(NO)c1ccc2cc(C(=O)NCc3cccc(-n4cccc4)c3)ccc2c1. The van der Waals surface area contributed by atoms with E-state index in [4.69, 9.17) is 5.21 Å². The Labute approximate surface area is 167 Å². The molecule has 0 aliphatic carbocycles. The fourth-order valence-corrected chi connectivity index (χ4v) is 3.21. The fourth-order valence-electron chi connectivity index (χ4n) is 3.21. The maximum atomic E-state index is 12.6. The number of carbonyl (C=O) groups excluding carboxylic acids is 2. The van der Waals surface area contributed by atoms with Crippen molar-refractivity contribution in [3.8, 4) is 5.69 Å². The van der Waals surface area contributed by atoms with Crippen LogP contribution in [0.15, 0.2) is 85.2 Å². The molecule has 1 heterocycles. The summed E-state index contributed by atoms with van der Waals surface area (Å²) in [6.07, 6.45) is 3.95. The van der Waals surface area contributed by atoms with Crippen molar-refractivity contribution in [3.05, 3.63) is 102 Å². The first kappa shape index (κ1) is 18.5. The van der Waals surface area contributed by atoms with E-state index < -0.39 is 5.91 Å². The summed E-state index contributed by atoms with van der Waals surface area (Å²) in [5.41, 5.74) is 4.55. The first-order valence-electron chi connectivity index (χ1n) is 9.13. The van der Waals surface area contributed by atoms with Gasteiger partial charge in [0.2, 0.25) is 0 Å². The van der Waals surface area contributed by atoms with Crippen molar-refractivity contribution in [1.82, 2.24) is 15.4 Å². The lowest BCUT2D eigenvalue weighted by molar-refractivity contribution is 0.0706. The zero-order chi connectivity index (χ0) is 20.2. The second-order valence-corrected chi connectivity index (χ2v) is 6.66. The second kappa shape index (κ2) is 8.00. The normalized spacial score (nSPS) is 10.7. The lowest BCUT2D eigenvalue weighted by Crippen LogP contribution is -2.22. The third-order valence-corrected chi connectivity index (χ3v) is 4.73. The van der Waals surface area contributed by atoms with Crippen molar-refractivity contribution in [1.29, 1.82) is 0 Å². The van der Waals surface area contributed by atoms with Crippen molar-refractivity contribution < 1.29 is 14.8 Å². The van der Waals surface area contributed by atoms with E-state index in [2.05, 4.69) is 5.32 Å². The van der Waals surface area contributed by atoms with Gasteiger partial charge in [-0.2, -0.15) is 0 Å². The molecule has 0 unspecified atom stereocenters. The first-order valence-corrected chi connectivity index (χ1v) is 9.13. The summed E-state index contributed by atoms with van der Waals surface area (Å²) in [6, 6.07) is 22.2. The van der Waals surface area contributed by atoms with E-state index in [1.807, 2.05) is 53.4 Å².